The molecule has 1 aliphatic carbocycles. The van der Waals surface area contributed by atoms with Gasteiger partial charge in [0, 0.05) is 28.5 Å². The summed E-state index contributed by atoms with van der Waals surface area (Å²) in [5.74, 6) is -0.963. The van der Waals surface area contributed by atoms with Crippen molar-refractivity contribution in [2.24, 2.45) is 5.92 Å². The first-order valence-electron chi connectivity index (χ1n) is 9.49. The molecule has 0 radical (unpaired) electrons. The van der Waals surface area contributed by atoms with E-state index in [1.165, 1.54) is 0 Å². The predicted molar refractivity (Wildman–Crippen MR) is 115 cm³/mol. The summed E-state index contributed by atoms with van der Waals surface area (Å²) in [6, 6.07) is 3.47. The lowest BCUT2D eigenvalue weighted by molar-refractivity contribution is -0.117. The summed E-state index contributed by atoms with van der Waals surface area (Å²) in [6.07, 6.45) is 4.05. The Hall–Kier alpha value is -2.69. The van der Waals surface area contributed by atoms with Gasteiger partial charge >= 0.3 is 0 Å². The molecule has 1 saturated carbocycles. The van der Waals surface area contributed by atoms with Gasteiger partial charge in [-0.1, -0.05) is 11.6 Å². The third kappa shape index (κ3) is 3.54. The van der Waals surface area contributed by atoms with E-state index in [1.807, 2.05) is 0 Å². The molecule has 5 rings (SSSR count). The Morgan fingerprint density at radius 3 is 2.97 bits per heavy atom. The number of alkyl halides is 1. The zero-order chi connectivity index (χ0) is 21.7. The standard InChI is InChI=1S/C20H16ClF2N5O2S/c21-16-15(11-6-24-27-18(11)19(17(16)23)31-4-3-29)9-1-2-14-25-13(8-28(14)7-9)26-20(30)10-5-12(10)22/h1-2,6-8,10,12,29H,3-5H2,(H,24,27)(H,26,30). The lowest BCUT2D eigenvalue weighted by atomic mass is 10.0. The highest BCUT2D eigenvalue weighted by Crippen LogP contribution is 2.42. The molecule has 1 fully saturated rings. The molecule has 2 atom stereocenters. The van der Waals surface area contributed by atoms with Gasteiger partial charge in [0.05, 0.1) is 40.4 Å². The van der Waals surface area contributed by atoms with Crippen LogP contribution >= 0.6 is 23.4 Å². The third-order valence-electron chi connectivity index (χ3n) is 5.13. The van der Waals surface area contributed by atoms with Gasteiger partial charge in [-0.3, -0.25) is 9.89 Å². The van der Waals surface area contributed by atoms with Gasteiger partial charge in [-0.15, -0.1) is 11.8 Å². The van der Waals surface area contributed by atoms with Crippen molar-refractivity contribution in [1.82, 2.24) is 19.6 Å². The number of benzene rings is 1. The van der Waals surface area contributed by atoms with Crippen molar-refractivity contribution in [2.75, 3.05) is 17.7 Å². The van der Waals surface area contributed by atoms with Crippen LogP contribution in [0.25, 0.3) is 27.7 Å². The number of rotatable bonds is 6. The lowest BCUT2D eigenvalue weighted by Gasteiger charge is -2.12. The number of aliphatic hydroxyl groups excluding tert-OH is 1. The number of aromatic amines is 1. The number of carbonyl (C=O) groups is 1. The number of hydrogen-bond donors (Lipinski definition) is 3. The summed E-state index contributed by atoms with van der Waals surface area (Å²) < 4.78 is 29.8. The molecule has 1 aromatic carbocycles. The summed E-state index contributed by atoms with van der Waals surface area (Å²) in [4.78, 5) is 16.6. The molecule has 0 aliphatic heterocycles. The maximum absolute atomic E-state index is 15.1. The number of nitrogens with one attached hydrogen (secondary N) is 2. The van der Waals surface area contributed by atoms with Crippen molar-refractivity contribution in [3.63, 3.8) is 0 Å². The van der Waals surface area contributed by atoms with Gasteiger partial charge in [0.2, 0.25) is 5.91 Å². The number of imidazole rings is 1. The maximum atomic E-state index is 15.1. The minimum absolute atomic E-state index is 0.0509. The quantitative estimate of drug-likeness (QED) is 0.375. The molecular weight excluding hydrogens is 448 g/mol. The fourth-order valence-corrected chi connectivity index (χ4v) is 4.69. The van der Waals surface area contributed by atoms with E-state index in [2.05, 4.69) is 20.5 Å². The Morgan fingerprint density at radius 1 is 1.42 bits per heavy atom. The average molecular weight is 464 g/mol. The zero-order valence-electron chi connectivity index (χ0n) is 15.9. The molecule has 11 heteroatoms. The van der Waals surface area contributed by atoms with Gasteiger partial charge in [-0.2, -0.15) is 5.10 Å². The number of halogens is 3. The Kier molecular flexibility index (Phi) is 5.07. The van der Waals surface area contributed by atoms with E-state index in [9.17, 15) is 9.18 Å². The number of aromatic nitrogens is 4. The minimum atomic E-state index is -1.09. The van der Waals surface area contributed by atoms with Crippen molar-refractivity contribution in [3.05, 3.63) is 41.6 Å². The van der Waals surface area contributed by atoms with Gasteiger partial charge in [0.1, 0.15) is 11.8 Å². The fraction of sp³-hybridized carbons (Fsp3) is 0.250. The largest absolute Gasteiger partial charge is 0.396 e. The van der Waals surface area contributed by atoms with Crippen molar-refractivity contribution < 1.29 is 18.7 Å². The maximum Gasteiger partial charge on any atom is 0.231 e. The number of fused-ring (bicyclic) bond motifs is 2. The number of nitrogens with zero attached hydrogens (tertiary/aromatic N) is 3. The van der Waals surface area contributed by atoms with Crippen LogP contribution in [0, 0.1) is 11.7 Å². The second-order valence-electron chi connectivity index (χ2n) is 7.22. The van der Waals surface area contributed by atoms with Crippen molar-refractivity contribution >= 4 is 51.6 Å². The molecule has 31 heavy (non-hydrogen) atoms. The van der Waals surface area contributed by atoms with Crippen LogP contribution in [0.4, 0.5) is 14.6 Å². The van der Waals surface area contributed by atoms with E-state index >= 15 is 4.39 Å². The molecule has 0 spiro atoms. The number of aliphatic hydroxyl groups is 1. The minimum Gasteiger partial charge on any atom is -0.396 e. The van der Waals surface area contributed by atoms with Gasteiger partial charge in [0.25, 0.3) is 0 Å². The Morgan fingerprint density at radius 2 is 2.23 bits per heavy atom. The summed E-state index contributed by atoms with van der Waals surface area (Å²) >= 11 is 7.57. The fourth-order valence-electron chi connectivity index (χ4n) is 3.51. The van der Waals surface area contributed by atoms with Crippen LogP contribution in [0.1, 0.15) is 6.42 Å². The number of carbonyl (C=O) groups excluding carboxylic acids is 1. The number of H-pyrrole nitrogens is 1. The van der Waals surface area contributed by atoms with Crippen LogP contribution in [0.2, 0.25) is 5.02 Å². The molecule has 3 N–H and O–H groups in total. The summed E-state index contributed by atoms with van der Waals surface area (Å²) in [5.41, 5.74) is 2.15. The first-order chi connectivity index (χ1) is 15.0. The van der Waals surface area contributed by atoms with Crippen LogP contribution in [0.5, 0.6) is 0 Å². The van der Waals surface area contributed by atoms with Gasteiger partial charge in [-0.05, 0) is 18.6 Å². The average Bonchev–Trinajstić information content (AvgIpc) is 3.12. The van der Waals surface area contributed by atoms with Gasteiger partial charge < -0.3 is 14.8 Å². The van der Waals surface area contributed by atoms with E-state index in [4.69, 9.17) is 16.7 Å². The molecule has 0 saturated heterocycles. The van der Waals surface area contributed by atoms with Crippen molar-refractivity contribution in [2.45, 2.75) is 17.5 Å². The Bertz CT molecular complexity index is 1320. The second-order valence-corrected chi connectivity index (χ2v) is 8.70. The first-order valence-corrected chi connectivity index (χ1v) is 10.9. The normalized spacial score (nSPS) is 18.1. The molecule has 1 amide bonds. The number of amides is 1. The van der Waals surface area contributed by atoms with Gasteiger partial charge in [-0.25, -0.2) is 13.8 Å². The number of thioether (sulfide) groups is 1. The first kappa shape index (κ1) is 20.2. The smallest absolute Gasteiger partial charge is 0.231 e. The molecule has 3 heterocycles. The highest BCUT2D eigenvalue weighted by Gasteiger charge is 2.43. The van der Waals surface area contributed by atoms with Gasteiger partial charge in [0.15, 0.2) is 11.6 Å². The molecule has 3 aromatic heterocycles. The van der Waals surface area contributed by atoms with Crippen LogP contribution < -0.4 is 5.32 Å². The molecule has 2 unspecified atom stereocenters. The topological polar surface area (TPSA) is 95.3 Å². The highest BCUT2D eigenvalue weighted by atomic mass is 35.5. The summed E-state index contributed by atoms with van der Waals surface area (Å²) in [6.45, 7) is -0.0952. The van der Waals surface area contributed by atoms with Crippen molar-refractivity contribution in [1.29, 1.82) is 0 Å². The summed E-state index contributed by atoms with van der Waals surface area (Å²) in [5, 5.41) is 19.2. The number of hydrogen-bond acceptors (Lipinski definition) is 5. The number of anilines is 1. The van der Waals surface area contributed by atoms with Crippen LogP contribution in [-0.2, 0) is 4.79 Å². The molecule has 1 aliphatic rings. The lowest BCUT2D eigenvalue weighted by Crippen LogP contribution is -2.15. The molecular formula is C20H16ClF2N5O2S. The van der Waals surface area contributed by atoms with E-state index in [-0.39, 0.29) is 18.1 Å². The van der Waals surface area contributed by atoms with Crippen LogP contribution in [-0.4, -0.2) is 49.1 Å². The monoisotopic (exact) mass is 463 g/mol. The van der Waals surface area contributed by atoms with E-state index in [0.29, 0.717) is 44.1 Å². The SMILES string of the molecule is O=C(Nc1cn2cc(-c3c(Cl)c(F)c(SCCO)c4[nH]ncc34)ccc2n1)C1CC1F. The zero-order valence-corrected chi connectivity index (χ0v) is 17.5. The molecule has 0 bridgehead atoms. The van der Waals surface area contributed by atoms with Crippen LogP contribution in [0.3, 0.4) is 0 Å². The Balaban J connectivity index is 1.55. The van der Waals surface area contributed by atoms with Crippen LogP contribution in [0.15, 0.2) is 35.6 Å². The van der Waals surface area contributed by atoms with E-state index in [1.54, 1.807) is 35.1 Å². The molecule has 4 aromatic rings. The van der Waals surface area contributed by atoms with Crippen molar-refractivity contribution in [3.8, 4) is 11.1 Å². The summed E-state index contributed by atoms with van der Waals surface area (Å²) in [7, 11) is 0. The predicted octanol–water partition coefficient (Wildman–Crippen LogP) is 4.05. The van der Waals surface area contributed by atoms with E-state index < -0.39 is 23.8 Å². The highest BCUT2D eigenvalue weighted by molar-refractivity contribution is 7.99. The molecule has 160 valence electrons. The van der Waals surface area contributed by atoms with E-state index in [0.717, 1.165) is 11.8 Å². The number of pyridine rings is 1. The second kappa shape index (κ2) is 7.77. The Labute approximate surface area is 183 Å². The molecule has 7 nitrogen and oxygen atoms in total. The third-order valence-corrected chi connectivity index (χ3v) is 6.54.